The number of hydrogen-bond donors (Lipinski definition) is 5. The second-order valence-corrected chi connectivity index (χ2v) is 12.1. The Morgan fingerprint density at radius 2 is 1.86 bits per heavy atom. The molecule has 1 heterocycles. The summed E-state index contributed by atoms with van der Waals surface area (Å²) in [6, 6.07) is 0. The zero-order chi connectivity index (χ0) is 25.4. The predicted molar refractivity (Wildman–Crippen MR) is 133 cm³/mol. The maximum atomic E-state index is 13.0. The average molecular weight is 507 g/mol. The molecule has 5 unspecified atom stereocenters. The van der Waals surface area contributed by atoms with Crippen LogP contribution in [0.2, 0.25) is 0 Å². The van der Waals surface area contributed by atoms with E-state index in [2.05, 4.69) is 22.9 Å². The fraction of sp³-hybridized carbons (Fsp3) is 0.760. The van der Waals surface area contributed by atoms with Gasteiger partial charge in [0.2, 0.25) is 17.7 Å². The fourth-order valence-corrected chi connectivity index (χ4v) is 7.35. The monoisotopic (exact) mass is 506 g/mol. The van der Waals surface area contributed by atoms with Crippen LogP contribution >= 0.6 is 11.3 Å². The first-order valence-electron chi connectivity index (χ1n) is 12.7. The summed E-state index contributed by atoms with van der Waals surface area (Å²) in [6.07, 6.45) is 4.41. The van der Waals surface area contributed by atoms with Gasteiger partial charge in [-0.2, -0.15) is 0 Å². The van der Waals surface area contributed by atoms with Gasteiger partial charge in [0.1, 0.15) is 0 Å². The quantitative estimate of drug-likeness (QED) is 0.341. The van der Waals surface area contributed by atoms with Crippen molar-refractivity contribution in [1.82, 2.24) is 15.6 Å². The molecule has 5 N–H and O–H groups in total. The Kier molecular flexibility index (Phi) is 7.54. The summed E-state index contributed by atoms with van der Waals surface area (Å²) in [6.45, 7) is 6.09. The van der Waals surface area contributed by atoms with E-state index < -0.39 is 11.5 Å². The van der Waals surface area contributed by atoms with Gasteiger partial charge in [-0.25, -0.2) is 4.98 Å². The standard InChI is InChI=1S/C25H38N4O5S/c1-14(31)26-9-10-27-20(33)11-16-21-17(35-23(28-21)29-22(34)15-5-4-6-15)12-18-24(16,2)8-7-19(32)25(18,3)13-30/h15-16,18-19,30,32H,4-13H2,1-3H3,(H,26,31)(H,27,33)(H,28,29,34). The lowest BCUT2D eigenvalue weighted by molar-refractivity contribution is -0.144. The van der Waals surface area contributed by atoms with E-state index in [0.717, 1.165) is 36.3 Å². The molecule has 0 aliphatic heterocycles. The van der Waals surface area contributed by atoms with Crippen LogP contribution in [0.25, 0.3) is 0 Å². The molecule has 0 aromatic carbocycles. The number of fused-ring (bicyclic) bond motifs is 2. The van der Waals surface area contributed by atoms with Gasteiger partial charge in [-0.05, 0) is 43.4 Å². The number of carbonyl (C=O) groups excluding carboxylic acids is 3. The highest BCUT2D eigenvalue weighted by Gasteiger charge is 2.59. The van der Waals surface area contributed by atoms with E-state index in [1.54, 1.807) is 0 Å². The third kappa shape index (κ3) is 4.97. The molecule has 0 saturated heterocycles. The summed E-state index contributed by atoms with van der Waals surface area (Å²) in [5, 5.41) is 30.3. The molecule has 9 nitrogen and oxygen atoms in total. The lowest BCUT2D eigenvalue weighted by atomic mass is 9.47. The number of nitrogens with zero attached hydrogens (tertiary/aromatic N) is 1. The molecule has 10 heteroatoms. The number of thiazole rings is 1. The molecule has 3 aliphatic carbocycles. The van der Waals surface area contributed by atoms with E-state index in [4.69, 9.17) is 4.98 Å². The molecule has 4 rings (SSSR count). The molecule has 194 valence electrons. The first-order valence-corrected chi connectivity index (χ1v) is 13.5. The second kappa shape index (κ2) is 10.1. The van der Waals surface area contributed by atoms with Gasteiger partial charge in [-0.15, -0.1) is 11.3 Å². The van der Waals surface area contributed by atoms with Crippen LogP contribution in [-0.4, -0.2) is 58.7 Å². The highest BCUT2D eigenvalue weighted by molar-refractivity contribution is 7.15. The number of hydrogen-bond acceptors (Lipinski definition) is 7. The topological polar surface area (TPSA) is 141 Å². The Morgan fingerprint density at radius 3 is 2.49 bits per heavy atom. The van der Waals surface area contributed by atoms with Gasteiger partial charge < -0.3 is 26.2 Å². The fourth-order valence-electron chi connectivity index (χ4n) is 6.28. The number of aliphatic hydroxyl groups is 2. The molecule has 2 fully saturated rings. The maximum Gasteiger partial charge on any atom is 0.229 e. The van der Waals surface area contributed by atoms with E-state index in [9.17, 15) is 24.6 Å². The van der Waals surface area contributed by atoms with Crippen molar-refractivity contribution in [2.45, 2.75) is 77.7 Å². The van der Waals surface area contributed by atoms with Crippen LogP contribution in [0.3, 0.4) is 0 Å². The number of nitrogens with one attached hydrogen (secondary N) is 3. The average Bonchev–Trinajstić information content (AvgIpc) is 3.16. The van der Waals surface area contributed by atoms with Crippen LogP contribution in [0.4, 0.5) is 5.13 Å². The predicted octanol–water partition coefficient (Wildman–Crippen LogP) is 1.94. The minimum absolute atomic E-state index is 0.00820. The Balaban J connectivity index is 1.60. The summed E-state index contributed by atoms with van der Waals surface area (Å²) in [7, 11) is 0. The lowest BCUT2D eigenvalue weighted by Gasteiger charge is -2.58. The van der Waals surface area contributed by atoms with Crippen molar-refractivity contribution < 1.29 is 24.6 Å². The Bertz CT molecular complexity index is 979. The van der Waals surface area contributed by atoms with Gasteiger partial charge in [0.15, 0.2) is 5.13 Å². The molecule has 3 aliphatic rings. The molecule has 3 amide bonds. The van der Waals surface area contributed by atoms with Crippen LogP contribution in [-0.2, 0) is 20.8 Å². The van der Waals surface area contributed by atoms with Crippen LogP contribution in [0.15, 0.2) is 0 Å². The highest BCUT2D eigenvalue weighted by Crippen LogP contribution is 2.62. The van der Waals surface area contributed by atoms with Gasteiger partial charge in [0.05, 0.1) is 18.4 Å². The van der Waals surface area contributed by atoms with E-state index in [-0.39, 0.29) is 53.9 Å². The van der Waals surface area contributed by atoms with Crippen molar-refractivity contribution in [3.05, 3.63) is 10.6 Å². The normalized spacial score (nSPS) is 32.1. The molecule has 0 spiro atoms. The minimum atomic E-state index is -0.690. The molecular weight excluding hydrogens is 468 g/mol. The number of aliphatic hydroxyl groups excluding tert-OH is 2. The summed E-state index contributed by atoms with van der Waals surface area (Å²) >= 11 is 1.45. The number of aromatic nitrogens is 1. The number of amides is 3. The smallest absolute Gasteiger partial charge is 0.229 e. The highest BCUT2D eigenvalue weighted by atomic mass is 32.1. The lowest BCUT2D eigenvalue weighted by Crippen LogP contribution is -2.57. The molecule has 0 radical (unpaired) electrons. The zero-order valence-electron chi connectivity index (χ0n) is 20.9. The van der Waals surface area contributed by atoms with Gasteiger partial charge >= 0.3 is 0 Å². The van der Waals surface area contributed by atoms with Gasteiger partial charge in [0, 0.05) is 48.6 Å². The number of rotatable bonds is 8. The first kappa shape index (κ1) is 26.0. The van der Waals surface area contributed by atoms with Crippen molar-refractivity contribution in [3.8, 4) is 0 Å². The summed E-state index contributed by atoms with van der Waals surface area (Å²) in [4.78, 5) is 42.5. The van der Waals surface area contributed by atoms with Gasteiger partial charge in [0.25, 0.3) is 0 Å². The number of carbonyl (C=O) groups is 3. The van der Waals surface area contributed by atoms with Gasteiger partial charge in [-0.1, -0.05) is 20.3 Å². The van der Waals surface area contributed by atoms with E-state index in [0.29, 0.717) is 31.1 Å². The van der Waals surface area contributed by atoms with Crippen molar-refractivity contribution in [1.29, 1.82) is 0 Å². The molecule has 1 aromatic rings. The second-order valence-electron chi connectivity index (χ2n) is 11.0. The maximum absolute atomic E-state index is 13.0. The third-order valence-electron chi connectivity index (χ3n) is 8.81. The molecule has 1 aromatic heterocycles. The molecular formula is C25H38N4O5S. The van der Waals surface area contributed by atoms with Crippen molar-refractivity contribution in [2.75, 3.05) is 25.0 Å². The van der Waals surface area contributed by atoms with Crippen LogP contribution < -0.4 is 16.0 Å². The molecule has 35 heavy (non-hydrogen) atoms. The van der Waals surface area contributed by atoms with E-state index >= 15 is 0 Å². The van der Waals surface area contributed by atoms with Crippen molar-refractivity contribution in [3.63, 3.8) is 0 Å². The Morgan fingerprint density at radius 1 is 1.14 bits per heavy atom. The largest absolute Gasteiger partial charge is 0.396 e. The SMILES string of the molecule is CC(=O)NCCNC(=O)CC1c2nc(NC(=O)C3CCC3)sc2CC2C(C)(CO)C(O)CCC12C. The summed E-state index contributed by atoms with van der Waals surface area (Å²) in [5.41, 5.74) is -0.182. The minimum Gasteiger partial charge on any atom is -0.396 e. The molecule has 0 bridgehead atoms. The van der Waals surface area contributed by atoms with E-state index in [1.807, 2.05) is 6.92 Å². The molecule has 2 saturated carbocycles. The molecule has 5 atom stereocenters. The first-order chi connectivity index (χ1) is 16.6. The Labute approximate surface area is 210 Å². The van der Waals surface area contributed by atoms with E-state index in [1.165, 1.54) is 18.3 Å². The summed E-state index contributed by atoms with van der Waals surface area (Å²) in [5.74, 6) is -0.458. The van der Waals surface area contributed by atoms with Crippen molar-refractivity contribution in [2.24, 2.45) is 22.7 Å². The van der Waals surface area contributed by atoms with Gasteiger partial charge in [-0.3, -0.25) is 14.4 Å². The zero-order valence-corrected chi connectivity index (χ0v) is 21.7. The van der Waals surface area contributed by atoms with Crippen LogP contribution in [0.5, 0.6) is 0 Å². The number of anilines is 1. The van der Waals surface area contributed by atoms with Crippen molar-refractivity contribution >= 4 is 34.2 Å². The van der Waals surface area contributed by atoms with Crippen LogP contribution in [0, 0.1) is 22.7 Å². The summed E-state index contributed by atoms with van der Waals surface area (Å²) < 4.78 is 0. The van der Waals surface area contributed by atoms with Crippen LogP contribution in [0.1, 0.15) is 75.8 Å². The Hall–Kier alpha value is -2.04. The third-order valence-corrected chi connectivity index (χ3v) is 9.82.